The van der Waals surface area contributed by atoms with Crippen molar-refractivity contribution in [3.8, 4) is 0 Å². The van der Waals surface area contributed by atoms with Crippen LogP contribution in [0, 0.1) is 5.82 Å². The molecule has 1 saturated carbocycles. The Morgan fingerprint density at radius 3 is 2.84 bits per heavy atom. The molecule has 0 spiro atoms. The van der Waals surface area contributed by atoms with Gasteiger partial charge < -0.3 is 15.5 Å². The lowest BCUT2D eigenvalue weighted by atomic mass is 10.2. The summed E-state index contributed by atoms with van der Waals surface area (Å²) in [6.45, 7) is 0.742. The molecule has 1 aliphatic heterocycles. The number of benzene rings is 1. The van der Waals surface area contributed by atoms with Gasteiger partial charge in [-0.3, -0.25) is 4.79 Å². The highest BCUT2D eigenvalue weighted by molar-refractivity contribution is 5.85. The summed E-state index contributed by atoms with van der Waals surface area (Å²) in [7, 11) is 0. The van der Waals surface area contributed by atoms with Crippen LogP contribution in [0.15, 0.2) is 36.5 Å². The summed E-state index contributed by atoms with van der Waals surface area (Å²) in [5, 5.41) is 6.03. The monoisotopic (exact) mass is 341 g/mol. The van der Waals surface area contributed by atoms with Gasteiger partial charge in [-0.05, 0) is 43.9 Å². The van der Waals surface area contributed by atoms with E-state index in [1.54, 1.807) is 30.5 Å². The van der Waals surface area contributed by atoms with Gasteiger partial charge >= 0.3 is 0 Å². The molecule has 6 nitrogen and oxygen atoms in total. The van der Waals surface area contributed by atoms with Gasteiger partial charge in [0.05, 0.1) is 5.69 Å². The second kappa shape index (κ2) is 6.66. The van der Waals surface area contributed by atoms with E-state index in [1.807, 2.05) is 4.90 Å². The number of halogens is 1. The molecule has 1 amide bonds. The first-order chi connectivity index (χ1) is 12.2. The zero-order valence-corrected chi connectivity index (χ0v) is 13.8. The van der Waals surface area contributed by atoms with Crippen molar-refractivity contribution in [3.05, 3.63) is 42.3 Å². The second-order valence-corrected chi connectivity index (χ2v) is 6.48. The predicted molar refractivity (Wildman–Crippen MR) is 93.2 cm³/mol. The number of nitrogens with zero attached hydrogens (tertiary/aromatic N) is 3. The Kier molecular flexibility index (Phi) is 4.21. The molecule has 0 bridgehead atoms. The summed E-state index contributed by atoms with van der Waals surface area (Å²) in [6.07, 6.45) is 5.48. The molecule has 2 aliphatic rings. The maximum atomic E-state index is 13.8. The van der Waals surface area contributed by atoms with Crippen molar-refractivity contribution in [1.29, 1.82) is 0 Å². The number of anilines is 3. The Hall–Kier alpha value is -2.70. The van der Waals surface area contributed by atoms with Crippen molar-refractivity contribution in [3.63, 3.8) is 0 Å². The molecule has 25 heavy (non-hydrogen) atoms. The highest BCUT2D eigenvalue weighted by Crippen LogP contribution is 2.26. The molecule has 1 aliphatic carbocycles. The van der Waals surface area contributed by atoms with Gasteiger partial charge in [-0.1, -0.05) is 12.1 Å². The summed E-state index contributed by atoms with van der Waals surface area (Å²) in [6, 6.07) is 8.23. The molecule has 2 fully saturated rings. The fourth-order valence-electron chi connectivity index (χ4n) is 3.06. The summed E-state index contributed by atoms with van der Waals surface area (Å²) in [5.74, 6) is 0.708. The number of carbonyl (C=O) groups excluding carboxylic acids is 1. The summed E-state index contributed by atoms with van der Waals surface area (Å²) in [5.41, 5.74) is 0.358. The van der Waals surface area contributed by atoms with Gasteiger partial charge in [0, 0.05) is 18.8 Å². The lowest BCUT2D eigenvalue weighted by Crippen LogP contribution is -2.44. The number of hydrogen-bond donors (Lipinski definition) is 2. The quantitative estimate of drug-likeness (QED) is 0.875. The largest absolute Gasteiger partial charge is 0.352 e. The minimum absolute atomic E-state index is 0.0519. The number of rotatable bonds is 5. The summed E-state index contributed by atoms with van der Waals surface area (Å²) < 4.78 is 13.8. The first-order valence-corrected chi connectivity index (χ1v) is 8.62. The number of nitrogens with one attached hydrogen (secondary N) is 2. The number of aromatic nitrogens is 2. The molecule has 0 radical (unpaired) electrons. The van der Waals surface area contributed by atoms with Crippen molar-refractivity contribution in [2.24, 2.45) is 0 Å². The van der Waals surface area contributed by atoms with Crippen LogP contribution in [0.4, 0.5) is 21.8 Å². The number of amides is 1. The van der Waals surface area contributed by atoms with E-state index in [0.29, 0.717) is 23.5 Å². The van der Waals surface area contributed by atoms with Crippen LogP contribution in [-0.2, 0) is 4.79 Å². The fraction of sp³-hybridized carbons (Fsp3) is 0.389. The van der Waals surface area contributed by atoms with Gasteiger partial charge in [-0.15, -0.1) is 0 Å². The SMILES string of the molecule is O=C(NC1CC1)C1CCCN1c1nccc(Nc2ccccc2F)n1. The van der Waals surface area contributed by atoms with Crippen molar-refractivity contribution < 1.29 is 9.18 Å². The minimum atomic E-state index is -0.342. The van der Waals surface area contributed by atoms with E-state index < -0.39 is 0 Å². The van der Waals surface area contributed by atoms with Gasteiger partial charge in [0.25, 0.3) is 0 Å². The molecular formula is C18H20FN5O. The van der Waals surface area contributed by atoms with E-state index in [0.717, 1.165) is 32.2 Å². The standard InChI is InChI=1S/C18H20FN5O/c19-13-4-1-2-5-14(13)22-16-9-10-20-18(23-16)24-11-3-6-15(24)17(25)21-12-7-8-12/h1-2,4-5,9-10,12,15H,3,6-8,11H2,(H,21,25)(H,20,22,23). The number of para-hydroxylation sites is 1. The Morgan fingerprint density at radius 2 is 2.04 bits per heavy atom. The molecule has 130 valence electrons. The molecule has 7 heteroatoms. The molecule has 1 aromatic heterocycles. The Labute approximate surface area is 145 Å². The topological polar surface area (TPSA) is 70.2 Å². The Bertz CT molecular complexity index is 780. The van der Waals surface area contributed by atoms with Gasteiger partial charge in [-0.25, -0.2) is 9.37 Å². The van der Waals surface area contributed by atoms with Crippen molar-refractivity contribution in [2.75, 3.05) is 16.8 Å². The third-order valence-corrected chi connectivity index (χ3v) is 4.52. The van der Waals surface area contributed by atoms with Crippen molar-refractivity contribution >= 4 is 23.4 Å². The van der Waals surface area contributed by atoms with Crippen LogP contribution in [0.2, 0.25) is 0 Å². The van der Waals surface area contributed by atoms with Gasteiger partial charge in [0.15, 0.2) is 0 Å². The van der Waals surface area contributed by atoms with Gasteiger partial charge in [0.1, 0.15) is 17.7 Å². The highest BCUT2D eigenvalue weighted by atomic mass is 19.1. The third kappa shape index (κ3) is 3.55. The molecule has 1 saturated heterocycles. The van der Waals surface area contributed by atoms with Gasteiger partial charge in [0.2, 0.25) is 11.9 Å². The zero-order valence-electron chi connectivity index (χ0n) is 13.8. The van der Waals surface area contributed by atoms with E-state index in [2.05, 4.69) is 20.6 Å². The third-order valence-electron chi connectivity index (χ3n) is 4.52. The van der Waals surface area contributed by atoms with Crippen LogP contribution in [-0.4, -0.2) is 34.5 Å². The maximum absolute atomic E-state index is 13.8. The molecule has 2 heterocycles. The maximum Gasteiger partial charge on any atom is 0.243 e. The number of carbonyl (C=O) groups is 1. The van der Waals surface area contributed by atoms with Crippen molar-refractivity contribution in [1.82, 2.24) is 15.3 Å². The predicted octanol–water partition coefficient (Wildman–Crippen LogP) is 2.61. The lowest BCUT2D eigenvalue weighted by molar-refractivity contribution is -0.122. The molecule has 1 unspecified atom stereocenters. The van der Waals surface area contributed by atoms with Gasteiger partial charge in [-0.2, -0.15) is 4.98 Å². The molecule has 4 rings (SSSR count). The van der Waals surface area contributed by atoms with E-state index in [-0.39, 0.29) is 17.8 Å². The molecule has 2 aromatic rings. The molecule has 1 atom stereocenters. The Morgan fingerprint density at radius 1 is 1.20 bits per heavy atom. The summed E-state index contributed by atoms with van der Waals surface area (Å²) in [4.78, 5) is 23.2. The van der Waals surface area contributed by atoms with Crippen LogP contribution in [0.5, 0.6) is 0 Å². The van der Waals surface area contributed by atoms with E-state index in [1.165, 1.54) is 6.07 Å². The Balaban J connectivity index is 1.52. The van der Waals surface area contributed by atoms with Crippen LogP contribution in [0.1, 0.15) is 25.7 Å². The normalized spacial score (nSPS) is 19.7. The van der Waals surface area contributed by atoms with Crippen LogP contribution >= 0.6 is 0 Å². The van der Waals surface area contributed by atoms with Crippen LogP contribution < -0.4 is 15.5 Å². The second-order valence-electron chi connectivity index (χ2n) is 6.48. The zero-order chi connectivity index (χ0) is 17.2. The van der Waals surface area contributed by atoms with Crippen molar-refractivity contribution in [2.45, 2.75) is 37.8 Å². The minimum Gasteiger partial charge on any atom is -0.352 e. The number of hydrogen-bond acceptors (Lipinski definition) is 5. The molecule has 1 aromatic carbocycles. The molecular weight excluding hydrogens is 321 g/mol. The summed E-state index contributed by atoms with van der Waals surface area (Å²) >= 11 is 0. The van der Waals surface area contributed by atoms with Crippen LogP contribution in [0.25, 0.3) is 0 Å². The average molecular weight is 341 g/mol. The fourth-order valence-corrected chi connectivity index (χ4v) is 3.06. The lowest BCUT2D eigenvalue weighted by Gasteiger charge is -2.24. The average Bonchev–Trinajstić information content (AvgIpc) is 3.29. The first-order valence-electron chi connectivity index (χ1n) is 8.62. The smallest absolute Gasteiger partial charge is 0.243 e. The first kappa shape index (κ1) is 15.8. The van der Waals surface area contributed by atoms with Crippen LogP contribution in [0.3, 0.4) is 0 Å². The highest BCUT2D eigenvalue weighted by Gasteiger charge is 2.35. The van der Waals surface area contributed by atoms with E-state index in [9.17, 15) is 9.18 Å². The van der Waals surface area contributed by atoms with E-state index >= 15 is 0 Å². The van der Waals surface area contributed by atoms with E-state index in [4.69, 9.17) is 0 Å². The molecule has 2 N–H and O–H groups in total.